The van der Waals surface area contributed by atoms with Gasteiger partial charge in [-0.1, -0.05) is 33.6 Å². The van der Waals surface area contributed by atoms with Gasteiger partial charge in [-0.3, -0.25) is 0 Å². The van der Waals surface area contributed by atoms with Crippen molar-refractivity contribution in [1.29, 1.82) is 0 Å². The van der Waals surface area contributed by atoms with Gasteiger partial charge in [0.25, 0.3) is 0 Å². The van der Waals surface area contributed by atoms with Gasteiger partial charge < -0.3 is 14.9 Å². The van der Waals surface area contributed by atoms with Gasteiger partial charge in [-0.2, -0.15) is 0 Å². The molecule has 0 aliphatic rings. The van der Waals surface area contributed by atoms with Crippen LogP contribution in [0.15, 0.2) is 18.2 Å². The second-order valence-electron chi connectivity index (χ2n) is 3.75. The van der Waals surface area contributed by atoms with E-state index in [1.807, 2.05) is 6.92 Å². The minimum absolute atomic E-state index is 0.225. The molecule has 2 atom stereocenters. The third-order valence-electron chi connectivity index (χ3n) is 2.45. The summed E-state index contributed by atoms with van der Waals surface area (Å²) in [5.74, 6) is -0.527. The van der Waals surface area contributed by atoms with E-state index in [0.29, 0.717) is 5.56 Å². The van der Waals surface area contributed by atoms with Crippen LogP contribution in [0, 0.1) is 6.92 Å². The quantitative estimate of drug-likeness (QED) is 0.654. The predicted octanol–water partition coefficient (Wildman–Crippen LogP) is 1.57. The predicted molar refractivity (Wildman–Crippen MR) is 67.3 cm³/mol. The normalized spacial score (nSPS) is 14.2. The standard InChI is InChI=1S/C12H15BrO4/c1-7-3-4-8(12(16)17-2)9(5-7)11(15)10(14)6-13/h3-5,10-11,14-15H,6H2,1-2H3. The number of rotatable bonds is 4. The summed E-state index contributed by atoms with van der Waals surface area (Å²) >= 11 is 3.08. The lowest BCUT2D eigenvalue weighted by Crippen LogP contribution is -2.22. The minimum atomic E-state index is -1.12. The van der Waals surface area contributed by atoms with E-state index in [0.717, 1.165) is 5.56 Å². The van der Waals surface area contributed by atoms with Crippen molar-refractivity contribution < 1.29 is 19.7 Å². The molecular formula is C12H15BrO4. The third-order valence-corrected chi connectivity index (χ3v) is 3.12. The fourth-order valence-corrected chi connectivity index (χ4v) is 1.87. The van der Waals surface area contributed by atoms with Crippen molar-refractivity contribution in [3.63, 3.8) is 0 Å². The second-order valence-corrected chi connectivity index (χ2v) is 4.40. The van der Waals surface area contributed by atoms with Crippen molar-refractivity contribution in [2.24, 2.45) is 0 Å². The third kappa shape index (κ3) is 3.28. The van der Waals surface area contributed by atoms with Crippen molar-refractivity contribution in [2.75, 3.05) is 12.4 Å². The van der Waals surface area contributed by atoms with Crippen LogP contribution in [0.1, 0.15) is 27.6 Å². The Bertz CT molecular complexity index is 405. The van der Waals surface area contributed by atoms with E-state index in [2.05, 4.69) is 20.7 Å². The van der Waals surface area contributed by atoms with Crippen molar-refractivity contribution in [3.8, 4) is 0 Å². The molecule has 0 spiro atoms. The topological polar surface area (TPSA) is 66.8 Å². The Balaban J connectivity index is 3.19. The Kier molecular flexibility index (Phi) is 5.11. The molecule has 4 nitrogen and oxygen atoms in total. The van der Waals surface area contributed by atoms with Gasteiger partial charge in [0, 0.05) is 5.33 Å². The number of ether oxygens (including phenoxy) is 1. The number of aliphatic hydroxyl groups is 2. The number of carbonyl (C=O) groups is 1. The van der Waals surface area contributed by atoms with E-state index >= 15 is 0 Å². The molecule has 2 N–H and O–H groups in total. The fraction of sp³-hybridized carbons (Fsp3) is 0.417. The fourth-order valence-electron chi connectivity index (χ4n) is 1.51. The Labute approximate surface area is 108 Å². The molecule has 0 fully saturated rings. The molecule has 1 aromatic rings. The maximum atomic E-state index is 11.5. The highest BCUT2D eigenvalue weighted by atomic mass is 79.9. The summed E-state index contributed by atoms with van der Waals surface area (Å²) in [5, 5.41) is 19.8. The highest BCUT2D eigenvalue weighted by molar-refractivity contribution is 9.09. The number of alkyl halides is 1. The Morgan fingerprint density at radius 3 is 2.65 bits per heavy atom. The van der Waals surface area contributed by atoms with Crippen LogP contribution in [-0.4, -0.2) is 34.7 Å². The summed E-state index contributed by atoms with van der Waals surface area (Å²) in [5.41, 5.74) is 1.54. The van der Waals surface area contributed by atoms with Gasteiger partial charge in [0.2, 0.25) is 0 Å². The molecule has 2 unspecified atom stereocenters. The van der Waals surface area contributed by atoms with Crippen LogP contribution in [0.4, 0.5) is 0 Å². The van der Waals surface area contributed by atoms with Crippen LogP contribution in [0.25, 0.3) is 0 Å². The summed E-state index contributed by atoms with van der Waals surface area (Å²) in [6, 6.07) is 5.01. The first kappa shape index (κ1) is 14.2. The molecule has 0 saturated heterocycles. The zero-order valence-corrected chi connectivity index (χ0v) is 11.3. The molecule has 0 heterocycles. The first-order valence-corrected chi connectivity index (χ1v) is 6.24. The maximum absolute atomic E-state index is 11.5. The Hall–Kier alpha value is -0.910. The molecule has 94 valence electrons. The van der Waals surface area contributed by atoms with Crippen LogP contribution in [0.3, 0.4) is 0 Å². The molecule has 17 heavy (non-hydrogen) atoms. The second kappa shape index (κ2) is 6.14. The molecule has 0 aromatic heterocycles. The molecule has 0 aliphatic heterocycles. The molecule has 1 rings (SSSR count). The molecule has 1 aromatic carbocycles. The molecule has 0 aliphatic carbocycles. The highest BCUT2D eigenvalue weighted by Gasteiger charge is 2.23. The summed E-state index contributed by atoms with van der Waals surface area (Å²) < 4.78 is 4.64. The van der Waals surface area contributed by atoms with Gasteiger partial charge in [-0.25, -0.2) is 4.79 Å². The summed E-state index contributed by atoms with van der Waals surface area (Å²) in [6.45, 7) is 1.85. The summed E-state index contributed by atoms with van der Waals surface area (Å²) in [7, 11) is 1.28. The van der Waals surface area contributed by atoms with Crippen molar-refractivity contribution in [3.05, 3.63) is 34.9 Å². The lowest BCUT2D eigenvalue weighted by atomic mass is 9.97. The highest BCUT2D eigenvalue weighted by Crippen LogP contribution is 2.24. The number of hydrogen-bond acceptors (Lipinski definition) is 4. The summed E-state index contributed by atoms with van der Waals surface area (Å²) in [4.78, 5) is 11.5. The molecule has 0 saturated carbocycles. The molecule has 0 amide bonds. The van der Waals surface area contributed by atoms with Crippen molar-refractivity contribution in [1.82, 2.24) is 0 Å². The van der Waals surface area contributed by atoms with Gasteiger partial charge >= 0.3 is 5.97 Å². The average molecular weight is 303 g/mol. The number of benzene rings is 1. The monoisotopic (exact) mass is 302 g/mol. The van der Waals surface area contributed by atoms with E-state index < -0.39 is 18.2 Å². The summed E-state index contributed by atoms with van der Waals surface area (Å²) in [6.07, 6.45) is -2.09. The molecular weight excluding hydrogens is 288 g/mol. The van der Waals surface area contributed by atoms with Gasteiger partial charge in [0.1, 0.15) is 6.10 Å². The lowest BCUT2D eigenvalue weighted by molar-refractivity contribution is 0.0322. The van der Waals surface area contributed by atoms with E-state index in [-0.39, 0.29) is 10.9 Å². The number of esters is 1. The first-order valence-electron chi connectivity index (χ1n) is 5.12. The number of carbonyl (C=O) groups excluding carboxylic acids is 1. The van der Waals surface area contributed by atoms with Gasteiger partial charge in [0.15, 0.2) is 0 Å². The number of aliphatic hydroxyl groups excluding tert-OH is 2. The average Bonchev–Trinajstić information content (AvgIpc) is 2.35. The molecule has 5 heteroatoms. The lowest BCUT2D eigenvalue weighted by Gasteiger charge is -2.19. The van der Waals surface area contributed by atoms with Crippen LogP contribution in [0.2, 0.25) is 0 Å². The smallest absolute Gasteiger partial charge is 0.338 e. The Morgan fingerprint density at radius 2 is 2.12 bits per heavy atom. The van der Waals surface area contributed by atoms with Crippen LogP contribution in [-0.2, 0) is 4.74 Å². The van der Waals surface area contributed by atoms with Crippen LogP contribution in [0.5, 0.6) is 0 Å². The van der Waals surface area contributed by atoms with Gasteiger partial charge in [0.05, 0.1) is 18.8 Å². The van der Waals surface area contributed by atoms with E-state index in [9.17, 15) is 15.0 Å². The molecule has 0 bridgehead atoms. The number of methoxy groups -OCH3 is 1. The minimum Gasteiger partial charge on any atom is -0.465 e. The largest absolute Gasteiger partial charge is 0.465 e. The van der Waals surface area contributed by atoms with E-state index in [1.165, 1.54) is 7.11 Å². The van der Waals surface area contributed by atoms with Crippen LogP contribution >= 0.6 is 15.9 Å². The van der Waals surface area contributed by atoms with Gasteiger partial charge in [-0.15, -0.1) is 0 Å². The van der Waals surface area contributed by atoms with E-state index in [4.69, 9.17) is 0 Å². The maximum Gasteiger partial charge on any atom is 0.338 e. The number of aryl methyl sites for hydroxylation is 1. The van der Waals surface area contributed by atoms with Crippen LogP contribution < -0.4 is 0 Å². The number of hydrogen-bond donors (Lipinski definition) is 2. The zero-order valence-electron chi connectivity index (χ0n) is 9.68. The first-order chi connectivity index (χ1) is 8.01. The number of halogens is 1. The zero-order chi connectivity index (χ0) is 13.0. The molecule has 0 radical (unpaired) electrons. The SMILES string of the molecule is COC(=O)c1ccc(C)cc1C(O)C(O)CBr. The van der Waals surface area contributed by atoms with E-state index in [1.54, 1.807) is 18.2 Å². The Morgan fingerprint density at radius 1 is 1.47 bits per heavy atom. The van der Waals surface area contributed by atoms with Gasteiger partial charge in [-0.05, 0) is 18.6 Å². The van der Waals surface area contributed by atoms with Crippen molar-refractivity contribution in [2.45, 2.75) is 19.1 Å². The van der Waals surface area contributed by atoms with Crippen molar-refractivity contribution >= 4 is 21.9 Å².